The van der Waals surface area contributed by atoms with E-state index in [1.54, 1.807) is 0 Å². The Balaban J connectivity index is 2.30. The molecule has 0 radical (unpaired) electrons. The predicted molar refractivity (Wildman–Crippen MR) is 54.1 cm³/mol. The molecule has 0 saturated heterocycles. The van der Waals surface area contributed by atoms with Crippen molar-refractivity contribution in [3.63, 3.8) is 0 Å². The number of ketones is 1. The third kappa shape index (κ3) is 3.39. The van der Waals surface area contributed by atoms with E-state index >= 15 is 0 Å². The fourth-order valence-electron chi connectivity index (χ4n) is 2.00. The molecule has 1 rings (SSSR count). The molecule has 0 aromatic rings. The smallest absolute Gasteiger partial charge is 0.187 e. The molecule has 1 atom stereocenters. The van der Waals surface area contributed by atoms with Gasteiger partial charge in [0.2, 0.25) is 0 Å². The number of Topliss-reactive ketones (excluding diaryl/α,β-unsaturated/α-hetero) is 1. The van der Waals surface area contributed by atoms with Crippen LogP contribution in [0.4, 0.5) is 0 Å². The van der Waals surface area contributed by atoms with Crippen LogP contribution in [0.2, 0.25) is 0 Å². The minimum Gasteiger partial charge on any atom is -0.385 e. The zero-order valence-electron chi connectivity index (χ0n) is 8.87. The van der Waals surface area contributed by atoms with Crippen molar-refractivity contribution in [3.05, 3.63) is 0 Å². The summed E-state index contributed by atoms with van der Waals surface area (Å²) in [6.07, 6.45) is 4.70. The molecule has 0 heterocycles. The Morgan fingerprint density at radius 2 is 2.07 bits per heavy atom. The van der Waals surface area contributed by atoms with Crippen molar-refractivity contribution in [3.8, 4) is 0 Å². The Kier molecular flexibility index (Phi) is 5.12. The molecule has 82 valence electrons. The zero-order chi connectivity index (χ0) is 10.4. The van der Waals surface area contributed by atoms with Crippen molar-refractivity contribution in [2.45, 2.75) is 45.1 Å². The topological polar surface area (TPSA) is 46.5 Å². The molecular weight excluding hydrogens is 180 g/mol. The van der Waals surface area contributed by atoms with E-state index in [0.29, 0.717) is 6.61 Å². The number of hydrogen-bond donors (Lipinski definition) is 1. The van der Waals surface area contributed by atoms with Crippen LogP contribution in [-0.4, -0.2) is 30.2 Å². The Morgan fingerprint density at radius 3 is 2.64 bits per heavy atom. The lowest BCUT2D eigenvalue weighted by molar-refractivity contribution is -0.135. The highest BCUT2D eigenvalue weighted by Crippen LogP contribution is 2.26. The van der Waals surface area contributed by atoms with E-state index in [1.165, 1.54) is 6.42 Å². The largest absolute Gasteiger partial charge is 0.385 e. The summed E-state index contributed by atoms with van der Waals surface area (Å²) in [5, 5.41) is 9.74. The van der Waals surface area contributed by atoms with Crippen LogP contribution in [0, 0.1) is 5.92 Å². The van der Waals surface area contributed by atoms with Crippen molar-refractivity contribution in [1.82, 2.24) is 0 Å². The summed E-state index contributed by atoms with van der Waals surface area (Å²) in [7, 11) is 0. The molecule has 0 aromatic carbocycles. The van der Waals surface area contributed by atoms with Gasteiger partial charge in [-0.3, -0.25) is 4.79 Å². The minimum absolute atomic E-state index is 0.0637. The van der Waals surface area contributed by atoms with Gasteiger partial charge < -0.3 is 9.84 Å². The Bertz CT molecular complexity index is 173. The second-order valence-corrected chi connectivity index (χ2v) is 3.95. The highest BCUT2D eigenvalue weighted by Gasteiger charge is 2.26. The first-order chi connectivity index (χ1) is 6.75. The summed E-state index contributed by atoms with van der Waals surface area (Å²) in [6, 6.07) is 0. The fourth-order valence-corrected chi connectivity index (χ4v) is 2.00. The maximum absolute atomic E-state index is 11.4. The number of rotatable bonds is 5. The number of ether oxygens (including phenoxy) is 1. The van der Waals surface area contributed by atoms with E-state index in [4.69, 9.17) is 4.74 Å². The highest BCUT2D eigenvalue weighted by molar-refractivity contribution is 5.84. The van der Waals surface area contributed by atoms with Gasteiger partial charge in [-0.1, -0.05) is 19.3 Å². The Morgan fingerprint density at radius 1 is 1.43 bits per heavy atom. The molecule has 1 unspecified atom stereocenters. The maximum atomic E-state index is 11.4. The lowest BCUT2D eigenvalue weighted by Gasteiger charge is -2.25. The standard InChI is InChI=1S/C11H20O3/c1-2-14-8-10(12)11(13)9-6-4-3-5-7-9/h9,11,13H,2-8H2,1H3. The summed E-state index contributed by atoms with van der Waals surface area (Å²) >= 11 is 0. The van der Waals surface area contributed by atoms with Crippen LogP contribution >= 0.6 is 0 Å². The van der Waals surface area contributed by atoms with E-state index in [9.17, 15) is 9.90 Å². The molecule has 0 amide bonds. The highest BCUT2D eigenvalue weighted by atomic mass is 16.5. The van der Waals surface area contributed by atoms with Gasteiger partial charge in [-0.2, -0.15) is 0 Å². The first-order valence-corrected chi connectivity index (χ1v) is 5.54. The van der Waals surface area contributed by atoms with Crippen molar-refractivity contribution in [1.29, 1.82) is 0 Å². The third-order valence-corrected chi connectivity index (χ3v) is 2.87. The van der Waals surface area contributed by atoms with Crippen LogP contribution in [0.1, 0.15) is 39.0 Å². The molecule has 0 aromatic heterocycles. The molecule has 14 heavy (non-hydrogen) atoms. The van der Waals surface area contributed by atoms with Gasteiger partial charge in [-0.05, 0) is 25.7 Å². The minimum atomic E-state index is -0.790. The monoisotopic (exact) mass is 200 g/mol. The second-order valence-electron chi connectivity index (χ2n) is 3.95. The van der Waals surface area contributed by atoms with Gasteiger partial charge in [0.1, 0.15) is 12.7 Å². The maximum Gasteiger partial charge on any atom is 0.187 e. The molecule has 1 N–H and O–H groups in total. The molecule has 0 spiro atoms. The van der Waals surface area contributed by atoms with Gasteiger partial charge in [0.05, 0.1) is 0 Å². The summed E-state index contributed by atoms with van der Waals surface area (Å²) in [4.78, 5) is 11.4. The number of carbonyl (C=O) groups excluding carboxylic acids is 1. The average Bonchev–Trinajstić information content (AvgIpc) is 2.26. The third-order valence-electron chi connectivity index (χ3n) is 2.87. The summed E-state index contributed by atoms with van der Waals surface area (Å²) in [5.41, 5.74) is 0. The number of carbonyl (C=O) groups is 1. The van der Waals surface area contributed by atoms with Gasteiger partial charge >= 0.3 is 0 Å². The van der Waals surface area contributed by atoms with Crippen LogP contribution in [0.5, 0.6) is 0 Å². The molecule has 1 aliphatic carbocycles. The molecule has 0 bridgehead atoms. The van der Waals surface area contributed by atoms with Crippen molar-refractivity contribution >= 4 is 5.78 Å². The van der Waals surface area contributed by atoms with Gasteiger partial charge in [0.25, 0.3) is 0 Å². The van der Waals surface area contributed by atoms with Gasteiger partial charge in [0.15, 0.2) is 5.78 Å². The molecule has 3 heteroatoms. The van der Waals surface area contributed by atoms with Crippen LogP contribution < -0.4 is 0 Å². The first kappa shape index (κ1) is 11.7. The van der Waals surface area contributed by atoms with Gasteiger partial charge in [-0.25, -0.2) is 0 Å². The van der Waals surface area contributed by atoms with E-state index in [0.717, 1.165) is 25.7 Å². The fraction of sp³-hybridized carbons (Fsp3) is 0.909. The molecular formula is C11H20O3. The molecule has 0 aliphatic heterocycles. The predicted octanol–water partition coefficient (Wildman–Crippen LogP) is 1.53. The lowest BCUT2D eigenvalue weighted by atomic mass is 9.84. The summed E-state index contributed by atoms with van der Waals surface area (Å²) in [6.45, 7) is 2.44. The van der Waals surface area contributed by atoms with Crippen LogP contribution in [0.3, 0.4) is 0 Å². The van der Waals surface area contributed by atoms with E-state index in [1.807, 2.05) is 6.92 Å². The number of aliphatic hydroxyl groups excluding tert-OH is 1. The molecule has 3 nitrogen and oxygen atoms in total. The van der Waals surface area contributed by atoms with Crippen LogP contribution in [-0.2, 0) is 9.53 Å². The van der Waals surface area contributed by atoms with E-state index in [-0.39, 0.29) is 18.3 Å². The van der Waals surface area contributed by atoms with Crippen molar-refractivity contribution in [2.24, 2.45) is 5.92 Å². The summed E-state index contributed by atoms with van der Waals surface area (Å²) < 4.78 is 5.00. The summed E-state index contributed by atoms with van der Waals surface area (Å²) in [5.74, 6) is 0.0236. The Labute approximate surface area is 85.5 Å². The molecule has 1 fully saturated rings. The van der Waals surface area contributed by atoms with E-state index in [2.05, 4.69) is 0 Å². The quantitative estimate of drug-likeness (QED) is 0.732. The number of aliphatic hydroxyl groups is 1. The number of hydrogen-bond acceptors (Lipinski definition) is 3. The zero-order valence-corrected chi connectivity index (χ0v) is 8.87. The average molecular weight is 200 g/mol. The van der Waals surface area contributed by atoms with Crippen molar-refractivity contribution in [2.75, 3.05) is 13.2 Å². The van der Waals surface area contributed by atoms with Crippen molar-refractivity contribution < 1.29 is 14.6 Å². The van der Waals surface area contributed by atoms with Gasteiger partial charge in [-0.15, -0.1) is 0 Å². The first-order valence-electron chi connectivity index (χ1n) is 5.54. The second kappa shape index (κ2) is 6.14. The normalized spacial score (nSPS) is 20.7. The molecule has 1 aliphatic rings. The van der Waals surface area contributed by atoms with Gasteiger partial charge in [0, 0.05) is 6.61 Å². The SMILES string of the molecule is CCOCC(=O)C(O)C1CCCCC1. The molecule has 1 saturated carbocycles. The van der Waals surface area contributed by atoms with Crippen LogP contribution in [0.25, 0.3) is 0 Å². The van der Waals surface area contributed by atoms with E-state index < -0.39 is 6.10 Å². The lowest BCUT2D eigenvalue weighted by Crippen LogP contribution is -2.33. The van der Waals surface area contributed by atoms with Crippen LogP contribution in [0.15, 0.2) is 0 Å². The Hall–Kier alpha value is -0.410.